The van der Waals surface area contributed by atoms with Gasteiger partial charge in [-0.15, -0.1) is 0 Å². The molecule has 0 atom stereocenters. The molecule has 0 aliphatic heterocycles. The first-order chi connectivity index (χ1) is 14.5. The number of fused-ring (bicyclic) bond motifs is 1. The normalized spacial score (nSPS) is 11.3. The van der Waals surface area contributed by atoms with Gasteiger partial charge in [-0.1, -0.05) is 18.2 Å². The molecular weight excluding hydrogens is 376 g/mol. The summed E-state index contributed by atoms with van der Waals surface area (Å²) in [4.78, 5) is 18.4. The molecule has 148 valence electrons. The van der Waals surface area contributed by atoms with Gasteiger partial charge < -0.3 is 4.42 Å². The average molecular weight is 396 g/mol. The summed E-state index contributed by atoms with van der Waals surface area (Å²) >= 11 is 0. The van der Waals surface area contributed by atoms with Gasteiger partial charge in [0.25, 0.3) is 5.56 Å². The van der Waals surface area contributed by atoms with Crippen LogP contribution in [0.25, 0.3) is 34.0 Å². The van der Waals surface area contributed by atoms with Gasteiger partial charge in [-0.25, -0.2) is 9.67 Å². The molecule has 0 unspecified atom stereocenters. The number of rotatable bonds is 3. The van der Waals surface area contributed by atoms with Crippen LogP contribution in [0.15, 0.2) is 76.3 Å². The fraction of sp³-hybridized carbons (Fsp3) is 0.125. The summed E-state index contributed by atoms with van der Waals surface area (Å²) in [6, 6.07) is 17.4. The molecule has 0 bridgehead atoms. The van der Waals surface area contributed by atoms with Crippen LogP contribution in [0.2, 0.25) is 0 Å². The van der Waals surface area contributed by atoms with Gasteiger partial charge in [0.1, 0.15) is 5.39 Å². The lowest BCUT2D eigenvalue weighted by Crippen LogP contribution is -2.22. The van der Waals surface area contributed by atoms with E-state index in [1.165, 1.54) is 5.56 Å². The molecule has 0 spiro atoms. The van der Waals surface area contributed by atoms with Gasteiger partial charge in [0, 0.05) is 0 Å². The Hall–Kier alpha value is -3.93. The third kappa shape index (κ3) is 2.85. The Bertz CT molecular complexity index is 1440. The summed E-state index contributed by atoms with van der Waals surface area (Å²) in [6.07, 6.45) is 3.16. The standard InChI is InChI=1S/C24H20N4O2/c1-15-6-4-7-18(12-15)27-23(21-8-5-11-30-21)26-22-20(24(27)29)14-25-28(22)19-10-9-16(2)17(3)13-19/h4-14H,1-3H3. The van der Waals surface area contributed by atoms with Crippen LogP contribution in [-0.2, 0) is 0 Å². The lowest BCUT2D eigenvalue weighted by molar-refractivity contribution is 0.574. The summed E-state index contributed by atoms with van der Waals surface area (Å²) in [5.74, 6) is 0.956. The second kappa shape index (κ2) is 6.84. The molecule has 0 amide bonds. The smallest absolute Gasteiger partial charge is 0.269 e. The molecule has 3 heterocycles. The Labute approximate surface area is 173 Å². The highest BCUT2D eigenvalue weighted by atomic mass is 16.3. The minimum Gasteiger partial charge on any atom is -0.461 e. The van der Waals surface area contributed by atoms with E-state index in [4.69, 9.17) is 9.40 Å². The van der Waals surface area contributed by atoms with Crippen LogP contribution in [0.1, 0.15) is 16.7 Å². The van der Waals surface area contributed by atoms with E-state index in [0.29, 0.717) is 22.6 Å². The molecule has 5 rings (SSSR count). The SMILES string of the molecule is Cc1cccc(-n2c(-c3ccco3)nc3c(cnn3-c3ccc(C)c(C)c3)c2=O)c1. The summed E-state index contributed by atoms with van der Waals surface area (Å²) in [5, 5.41) is 4.93. The van der Waals surface area contributed by atoms with Gasteiger partial charge in [-0.3, -0.25) is 9.36 Å². The third-order valence-electron chi connectivity index (χ3n) is 5.34. The van der Waals surface area contributed by atoms with E-state index in [9.17, 15) is 4.79 Å². The van der Waals surface area contributed by atoms with E-state index in [0.717, 1.165) is 22.5 Å². The van der Waals surface area contributed by atoms with Crippen molar-refractivity contribution in [3.63, 3.8) is 0 Å². The van der Waals surface area contributed by atoms with E-state index >= 15 is 0 Å². The van der Waals surface area contributed by atoms with Crippen LogP contribution >= 0.6 is 0 Å². The van der Waals surface area contributed by atoms with Crippen LogP contribution in [0.4, 0.5) is 0 Å². The Balaban J connectivity index is 1.84. The van der Waals surface area contributed by atoms with Crippen molar-refractivity contribution in [3.8, 4) is 23.0 Å². The minimum absolute atomic E-state index is 0.188. The Morgan fingerprint density at radius 2 is 1.77 bits per heavy atom. The zero-order valence-corrected chi connectivity index (χ0v) is 17.0. The van der Waals surface area contributed by atoms with Crippen molar-refractivity contribution in [2.75, 3.05) is 0 Å². The average Bonchev–Trinajstić information content (AvgIpc) is 3.40. The number of furan rings is 1. The largest absolute Gasteiger partial charge is 0.461 e. The maximum absolute atomic E-state index is 13.5. The van der Waals surface area contributed by atoms with E-state index in [2.05, 4.69) is 18.9 Å². The van der Waals surface area contributed by atoms with Crippen molar-refractivity contribution in [3.05, 3.63) is 94.1 Å². The number of hydrogen-bond acceptors (Lipinski definition) is 4. The lowest BCUT2D eigenvalue weighted by atomic mass is 10.1. The minimum atomic E-state index is -0.188. The highest BCUT2D eigenvalue weighted by Crippen LogP contribution is 2.24. The van der Waals surface area contributed by atoms with Gasteiger partial charge in [0.05, 0.1) is 23.8 Å². The predicted molar refractivity (Wildman–Crippen MR) is 116 cm³/mol. The van der Waals surface area contributed by atoms with Crippen LogP contribution in [-0.4, -0.2) is 19.3 Å². The lowest BCUT2D eigenvalue weighted by Gasteiger charge is -2.12. The monoisotopic (exact) mass is 396 g/mol. The quantitative estimate of drug-likeness (QED) is 0.441. The maximum Gasteiger partial charge on any atom is 0.269 e. The molecule has 3 aromatic heterocycles. The number of nitrogens with zero attached hydrogens (tertiary/aromatic N) is 4. The summed E-state index contributed by atoms with van der Waals surface area (Å²) < 4.78 is 8.91. The second-order valence-corrected chi connectivity index (χ2v) is 7.45. The fourth-order valence-corrected chi connectivity index (χ4v) is 3.59. The first-order valence-electron chi connectivity index (χ1n) is 9.72. The molecular formula is C24H20N4O2. The molecule has 6 nitrogen and oxygen atoms in total. The molecule has 0 N–H and O–H groups in total. The summed E-state index contributed by atoms with van der Waals surface area (Å²) in [6.45, 7) is 6.11. The van der Waals surface area contributed by atoms with Crippen molar-refractivity contribution >= 4 is 11.0 Å². The van der Waals surface area contributed by atoms with Gasteiger partial charge in [0.15, 0.2) is 17.2 Å². The van der Waals surface area contributed by atoms with E-state index in [1.807, 2.05) is 49.4 Å². The highest BCUT2D eigenvalue weighted by molar-refractivity contribution is 5.78. The van der Waals surface area contributed by atoms with E-state index in [-0.39, 0.29) is 5.56 Å². The number of aryl methyl sites for hydroxylation is 3. The predicted octanol–water partition coefficient (Wildman–Crippen LogP) is 4.76. The van der Waals surface area contributed by atoms with Gasteiger partial charge in [-0.05, 0) is 73.9 Å². The van der Waals surface area contributed by atoms with Gasteiger partial charge in [-0.2, -0.15) is 5.10 Å². The molecule has 0 radical (unpaired) electrons. The zero-order valence-electron chi connectivity index (χ0n) is 17.0. The van der Waals surface area contributed by atoms with E-state index < -0.39 is 0 Å². The highest BCUT2D eigenvalue weighted by Gasteiger charge is 2.20. The number of hydrogen-bond donors (Lipinski definition) is 0. The molecule has 0 aliphatic rings. The first-order valence-corrected chi connectivity index (χ1v) is 9.72. The van der Waals surface area contributed by atoms with Crippen molar-refractivity contribution in [1.29, 1.82) is 0 Å². The van der Waals surface area contributed by atoms with Gasteiger partial charge in [0.2, 0.25) is 0 Å². The molecule has 30 heavy (non-hydrogen) atoms. The van der Waals surface area contributed by atoms with Crippen molar-refractivity contribution < 1.29 is 4.42 Å². The molecule has 0 aliphatic carbocycles. The van der Waals surface area contributed by atoms with Crippen molar-refractivity contribution in [1.82, 2.24) is 19.3 Å². The van der Waals surface area contributed by atoms with Crippen LogP contribution in [0, 0.1) is 20.8 Å². The number of aromatic nitrogens is 4. The second-order valence-electron chi connectivity index (χ2n) is 7.45. The first kappa shape index (κ1) is 18.1. The van der Waals surface area contributed by atoms with Gasteiger partial charge >= 0.3 is 0 Å². The Kier molecular flexibility index (Phi) is 4.13. The van der Waals surface area contributed by atoms with E-state index in [1.54, 1.807) is 33.8 Å². The molecule has 0 saturated heterocycles. The van der Waals surface area contributed by atoms with Crippen LogP contribution < -0.4 is 5.56 Å². The van der Waals surface area contributed by atoms with Crippen LogP contribution in [0.5, 0.6) is 0 Å². The molecule has 0 fully saturated rings. The van der Waals surface area contributed by atoms with Crippen molar-refractivity contribution in [2.45, 2.75) is 20.8 Å². The molecule has 0 saturated carbocycles. The van der Waals surface area contributed by atoms with Crippen molar-refractivity contribution in [2.24, 2.45) is 0 Å². The zero-order chi connectivity index (χ0) is 20.8. The van der Waals surface area contributed by atoms with Crippen LogP contribution in [0.3, 0.4) is 0 Å². The Morgan fingerprint density at radius 3 is 2.50 bits per heavy atom. The Morgan fingerprint density at radius 1 is 0.900 bits per heavy atom. The topological polar surface area (TPSA) is 65.8 Å². The number of benzene rings is 2. The summed E-state index contributed by atoms with van der Waals surface area (Å²) in [5.41, 5.74) is 5.30. The summed E-state index contributed by atoms with van der Waals surface area (Å²) in [7, 11) is 0. The fourth-order valence-electron chi connectivity index (χ4n) is 3.59. The molecule has 2 aromatic carbocycles. The maximum atomic E-state index is 13.5. The third-order valence-corrected chi connectivity index (χ3v) is 5.34. The molecule has 6 heteroatoms. The molecule has 5 aromatic rings.